The maximum atomic E-state index is 12.4. The number of carbonyl (C=O) groups is 5. The number of amides is 1. The van der Waals surface area contributed by atoms with Gasteiger partial charge in [-0.15, -0.1) is 0 Å². The fraction of sp³-hybridized carbons (Fsp3) is 0.645. The van der Waals surface area contributed by atoms with E-state index >= 15 is 0 Å². The minimum Gasteiger partial charge on any atom is -0.460 e. The van der Waals surface area contributed by atoms with Gasteiger partial charge in [-0.05, 0) is 95.2 Å². The van der Waals surface area contributed by atoms with Gasteiger partial charge in [-0.2, -0.15) is 0 Å². The first-order chi connectivity index (χ1) is 20.6. The lowest BCUT2D eigenvalue weighted by Gasteiger charge is -2.25. The Balaban J connectivity index is 0.00000102. The van der Waals surface area contributed by atoms with Crippen LogP contribution in [0.5, 0.6) is 5.75 Å². The Morgan fingerprint density at radius 3 is 1.48 bits per heavy atom. The second kappa shape index (κ2) is 16.9. The molecule has 46 heavy (non-hydrogen) atoms. The summed E-state index contributed by atoms with van der Waals surface area (Å²) >= 11 is 0. The van der Waals surface area contributed by atoms with E-state index in [1.165, 1.54) is 12.1 Å². The van der Waals surface area contributed by atoms with E-state index in [1.54, 1.807) is 83.1 Å². The van der Waals surface area contributed by atoms with Gasteiger partial charge in [0, 0.05) is 12.1 Å². The first-order valence-corrected chi connectivity index (χ1v) is 14.4. The fourth-order valence-electron chi connectivity index (χ4n) is 3.05. The highest BCUT2D eigenvalue weighted by atomic mass is 16.6. The number of nitro benzene ring substituents is 1. The van der Waals surface area contributed by atoms with Gasteiger partial charge >= 0.3 is 30.0 Å². The third kappa shape index (κ3) is 20.6. The summed E-state index contributed by atoms with van der Waals surface area (Å²) in [5.74, 6) is -2.61. The minimum absolute atomic E-state index is 0.0216. The number of nitrogens with two attached hydrogens (primary N) is 1. The Morgan fingerprint density at radius 2 is 1.09 bits per heavy atom. The topological polar surface area (TPSA) is 213 Å². The van der Waals surface area contributed by atoms with Gasteiger partial charge in [0.05, 0.1) is 17.8 Å². The monoisotopic (exact) mass is 655 g/mol. The largest absolute Gasteiger partial charge is 0.460 e. The lowest BCUT2D eigenvalue weighted by Crippen LogP contribution is -2.47. The van der Waals surface area contributed by atoms with Gasteiger partial charge in [-0.25, -0.2) is 9.59 Å². The molecule has 1 amide bonds. The van der Waals surface area contributed by atoms with Crippen LogP contribution in [0.25, 0.3) is 0 Å². The summed E-state index contributed by atoms with van der Waals surface area (Å²) in [4.78, 5) is 69.6. The Kier molecular flexibility index (Phi) is 15.3. The number of nitro groups is 1. The summed E-state index contributed by atoms with van der Waals surface area (Å²) in [7, 11) is 0. The minimum atomic E-state index is -1.34. The van der Waals surface area contributed by atoms with Crippen molar-refractivity contribution >= 4 is 35.7 Å². The predicted octanol–water partition coefficient (Wildman–Crippen LogP) is 4.51. The Hall–Kier alpha value is -4.27. The van der Waals surface area contributed by atoms with Crippen LogP contribution in [0.4, 0.5) is 10.5 Å². The number of nitrogens with one attached hydrogen (secondary N) is 1. The highest BCUT2D eigenvalue weighted by Crippen LogP contribution is 2.18. The van der Waals surface area contributed by atoms with Gasteiger partial charge in [0.15, 0.2) is 0 Å². The van der Waals surface area contributed by atoms with E-state index in [9.17, 15) is 34.1 Å². The maximum absolute atomic E-state index is 12.4. The molecule has 1 aromatic carbocycles. The number of benzene rings is 1. The number of rotatable bonds is 9. The van der Waals surface area contributed by atoms with Crippen LogP contribution in [0.3, 0.4) is 0 Å². The molecule has 0 bridgehead atoms. The smallest absolute Gasteiger partial charge is 0.413 e. The van der Waals surface area contributed by atoms with Gasteiger partial charge in [0.2, 0.25) is 0 Å². The van der Waals surface area contributed by atoms with Crippen LogP contribution in [-0.4, -0.2) is 69.4 Å². The molecule has 0 spiro atoms. The summed E-state index contributed by atoms with van der Waals surface area (Å²) in [6.07, 6.45) is -1.66. The van der Waals surface area contributed by atoms with Crippen molar-refractivity contribution in [3.63, 3.8) is 0 Å². The number of non-ortho nitro benzene ring substituents is 1. The predicted molar refractivity (Wildman–Crippen MR) is 167 cm³/mol. The third-order valence-corrected chi connectivity index (χ3v) is 4.55. The molecule has 2 atom stereocenters. The van der Waals surface area contributed by atoms with E-state index in [0.717, 1.165) is 12.1 Å². The molecule has 0 unspecified atom stereocenters. The van der Waals surface area contributed by atoms with Gasteiger partial charge in [-0.1, -0.05) is 0 Å². The highest BCUT2D eigenvalue weighted by molar-refractivity contribution is 5.87. The lowest BCUT2D eigenvalue weighted by atomic mass is 10.1. The van der Waals surface area contributed by atoms with Crippen molar-refractivity contribution in [3.8, 4) is 5.75 Å². The standard InChI is InChI=1S/C19H26N2O8.C12H23NO4/c1-18(2,3)28-15(22)11-14(16(23)29-19(4,5)6)20-17(24)27-13-9-7-12(8-10-13)21(25)26;1-11(2,3)16-9(14)7-8(13)10(15)17-12(4,5)6/h7-10,14H,11H2,1-6H3,(H,20,24);8H,7,13H2,1-6H3/t14-;8-/m00/s1. The van der Waals surface area contributed by atoms with E-state index in [4.69, 9.17) is 29.4 Å². The first kappa shape index (κ1) is 41.7. The van der Waals surface area contributed by atoms with Crippen molar-refractivity contribution in [1.29, 1.82) is 0 Å². The Morgan fingerprint density at radius 1 is 0.696 bits per heavy atom. The number of ether oxygens (including phenoxy) is 5. The van der Waals surface area contributed by atoms with Crippen molar-refractivity contribution in [2.24, 2.45) is 5.73 Å². The number of esters is 4. The van der Waals surface area contributed by atoms with E-state index in [-0.39, 0.29) is 17.9 Å². The fourth-order valence-corrected chi connectivity index (χ4v) is 3.05. The van der Waals surface area contributed by atoms with Crippen molar-refractivity contribution in [3.05, 3.63) is 34.4 Å². The second-order valence-electron chi connectivity index (χ2n) is 14.1. The molecule has 0 aliphatic carbocycles. The molecule has 1 aromatic rings. The van der Waals surface area contributed by atoms with Gasteiger partial charge < -0.3 is 34.7 Å². The second-order valence-corrected chi connectivity index (χ2v) is 14.1. The molecule has 0 aromatic heterocycles. The molecule has 15 heteroatoms. The summed E-state index contributed by atoms with van der Waals surface area (Å²) in [6.45, 7) is 20.4. The summed E-state index contributed by atoms with van der Waals surface area (Å²) in [6, 6.07) is 2.46. The molecule has 0 saturated carbocycles. The van der Waals surface area contributed by atoms with Gasteiger partial charge in [0.25, 0.3) is 5.69 Å². The van der Waals surface area contributed by atoms with Gasteiger partial charge in [0.1, 0.15) is 40.2 Å². The summed E-state index contributed by atoms with van der Waals surface area (Å²) in [5, 5.41) is 12.9. The van der Waals surface area contributed by atoms with Crippen molar-refractivity contribution in [2.45, 2.75) is 130 Å². The van der Waals surface area contributed by atoms with Crippen molar-refractivity contribution < 1.29 is 52.6 Å². The van der Waals surface area contributed by atoms with Crippen LogP contribution < -0.4 is 15.8 Å². The lowest BCUT2D eigenvalue weighted by molar-refractivity contribution is -0.384. The molecule has 0 aliphatic heterocycles. The molecule has 0 fully saturated rings. The van der Waals surface area contributed by atoms with Crippen LogP contribution in [0.15, 0.2) is 24.3 Å². The van der Waals surface area contributed by atoms with Crippen LogP contribution in [-0.2, 0) is 38.1 Å². The van der Waals surface area contributed by atoms with Crippen LogP contribution >= 0.6 is 0 Å². The molecule has 260 valence electrons. The zero-order chi connectivity index (χ0) is 36.3. The summed E-state index contributed by atoms with van der Waals surface area (Å²) in [5.41, 5.74) is 2.60. The molecule has 0 saturated heterocycles. The maximum Gasteiger partial charge on any atom is 0.413 e. The quantitative estimate of drug-likeness (QED) is 0.162. The average molecular weight is 656 g/mol. The highest BCUT2D eigenvalue weighted by Gasteiger charge is 2.31. The molecular formula is C31H49N3O12. The molecule has 3 N–H and O–H groups in total. The molecule has 0 radical (unpaired) electrons. The Bertz CT molecular complexity index is 1220. The van der Waals surface area contributed by atoms with E-state index in [2.05, 4.69) is 5.32 Å². The Labute approximate surface area is 269 Å². The van der Waals surface area contributed by atoms with Crippen LogP contribution in [0.2, 0.25) is 0 Å². The molecule has 0 aliphatic rings. The molecule has 0 heterocycles. The van der Waals surface area contributed by atoms with E-state index < -0.39 is 75.8 Å². The number of hydrogen-bond donors (Lipinski definition) is 2. The number of hydrogen-bond acceptors (Lipinski definition) is 13. The van der Waals surface area contributed by atoms with Crippen molar-refractivity contribution in [2.75, 3.05) is 0 Å². The zero-order valence-electron chi connectivity index (χ0n) is 28.8. The average Bonchev–Trinajstić information content (AvgIpc) is 2.79. The number of nitrogens with zero attached hydrogens (tertiary/aromatic N) is 1. The van der Waals surface area contributed by atoms with Crippen molar-refractivity contribution in [1.82, 2.24) is 5.32 Å². The molecular weight excluding hydrogens is 606 g/mol. The third-order valence-electron chi connectivity index (χ3n) is 4.55. The van der Waals surface area contributed by atoms with Crippen LogP contribution in [0.1, 0.15) is 95.9 Å². The normalized spacial score (nSPS) is 13.1. The molecule has 15 nitrogen and oxygen atoms in total. The zero-order valence-corrected chi connectivity index (χ0v) is 28.8. The van der Waals surface area contributed by atoms with E-state index in [0.29, 0.717) is 0 Å². The van der Waals surface area contributed by atoms with E-state index in [1.807, 2.05) is 0 Å². The summed E-state index contributed by atoms with van der Waals surface area (Å²) < 4.78 is 25.5. The SMILES string of the molecule is CC(C)(C)OC(=O)C[C@H](N)C(=O)OC(C)(C)C.CC(C)(C)OC(=O)C[C@H](NC(=O)Oc1ccc([N+](=O)[O-])cc1)C(=O)OC(C)(C)C. The first-order valence-electron chi connectivity index (χ1n) is 14.4. The number of carbonyl (C=O) groups excluding carboxylic acids is 5. The molecule has 1 rings (SSSR count). The van der Waals surface area contributed by atoms with Crippen LogP contribution in [0, 0.1) is 10.1 Å². The van der Waals surface area contributed by atoms with Gasteiger partial charge in [-0.3, -0.25) is 24.5 Å².